The zero-order valence-corrected chi connectivity index (χ0v) is 18.5. The number of aromatic amines is 1. The van der Waals surface area contributed by atoms with Gasteiger partial charge in [-0.3, -0.25) is 9.89 Å². The minimum Gasteiger partial charge on any atom is -0.476 e. The fraction of sp³-hybridized carbons (Fsp3) is 0.375. The van der Waals surface area contributed by atoms with E-state index in [0.29, 0.717) is 43.9 Å². The summed E-state index contributed by atoms with van der Waals surface area (Å²) in [4.78, 5) is 22.0. The molecule has 2 bridgehead atoms. The van der Waals surface area contributed by atoms with Gasteiger partial charge in [-0.2, -0.15) is 10.2 Å². The van der Waals surface area contributed by atoms with Crippen LogP contribution in [-0.2, 0) is 4.79 Å². The summed E-state index contributed by atoms with van der Waals surface area (Å²) in [6.45, 7) is 1.96. The van der Waals surface area contributed by atoms with Crippen molar-refractivity contribution in [2.75, 3.05) is 6.61 Å². The second-order valence-corrected chi connectivity index (χ2v) is 9.65. The van der Waals surface area contributed by atoms with Gasteiger partial charge in [0.05, 0.1) is 42.3 Å². The van der Waals surface area contributed by atoms with Gasteiger partial charge < -0.3 is 4.74 Å². The van der Waals surface area contributed by atoms with Gasteiger partial charge in [-0.1, -0.05) is 0 Å². The molecule has 174 valence electrons. The lowest BCUT2D eigenvalue weighted by Crippen LogP contribution is -2.69. The maximum atomic E-state index is 14.6. The number of halogens is 2. The first-order valence-corrected chi connectivity index (χ1v) is 11.1. The summed E-state index contributed by atoms with van der Waals surface area (Å²) in [5, 5.41) is 12.2. The lowest BCUT2D eigenvalue weighted by atomic mass is 9.35. The van der Waals surface area contributed by atoms with E-state index in [2.05, 4.69) is 25.3 Å². The number of benzene rings is 1. The predicted molar refractivity (Wildman–Crippen MR) is 118 cm³/mol. The third-order valence-corrected chi connectivity index (χ3v) is 7.22. The molecule has 1 atom stereocenters. The Morgan fingerprint density at radius 2 is 2.00 bits per heavy atom. The highest BCUT2D eigenvalue weighted by Crippen LogP contribution is 2.74. The fourth-order valence-corrected chi connectivity index (χ4v) is 5.56. The maximum absolute atomic E-state index is 14.6. The zero-order valence-electron chi connectivity index (χ0n) is 18.5. The summed E-state index contributed by atoms with van der Waals surface area (Å²) in [5.74, 6) is -0.705. The highest BCUT2D eigenvalue weighted by molar-refractivity contribution is 5.88. The van der Waals surface area contributed by atoms with Crippen molar-refractivity contribution in [1.29, 1.82) is 0 Å². The van der Waals surface area contributed by atoms with Crippen LogP contribution in [0.15, 0.2) is 42.0 Å². The monoisotopic (exact) mass is 464 g/mol. The van der Waals surface area contributed by atoms with Crippen molar-refractivity contribution in [1.82, 2.24) is 25.2 Å². The van der Waals surface area contributed by atoms with Crippen LogP contribution in [-0.4, -0.2) is 43.9 Å². The average molecular weight is 464 g/mol. The number of amides is 1. The molecule has 3 heterocycles. The molecule has 34 heavy (non-hydrogen) atoms. The van der Waals surface area contributed by atoms with Gasteiger partial charge in [-0.25, -0.2) is 23.8 Å². The second-order valence-electron chi connectivity index (χ2n) is 9.65. The summed E-state index contributed by atoms with van der Waals surface area (Å²) >= 11 is 0. The van der Waals surface area contributed by atoms with E-state index >= 15 is 0 Å². The normalized spacial score (nSPS) is 26.8. The molecule has 0 radical (unpaired) electrons. The predicted octanol–water partition coefficient (Wildman–Crippen LogP) is 3.96. The number of H-pyrrole nitrogens is 1. The number of hydrogen-bond acceptors (Lipinski definition) is 6. The van der Waals surface area contributed by atoms with Gasteiger partial charge in [-0.05, 0) is 43.9 Å². The Kier molecular flexibility index (Phi) is 4.55. The van der Waals surface area contributed by atoms with Crippen LogP contribution in [0.3, 0.4) is 0 Å². The van der Waals surface area contributed by atoms with Gasteiger partial charge in [0.15, 0.2) is 0 Å². The van der Waals surface area contributed by atoms with E-state index < -0.39 is 23.1 Å². The Labute approximate surface area is 194 Å². The van der Waals surface area contributed by atoms with E-state index in [4.69, 9.17) is 4.74 Å². The SMILES string of the molecule is Cc1cc(F)c(C2CC=NN2C(=O)C23CC(COc4cnc(-c5cn[nH]c5)cn4)(C2)C3)cc1F. The molecule has 3 fully saturated rings. The molecular formula is C24H22F2N6O2. The summed E-state index contributed by atoms with van der Waals surface area (Å²) < 4.78 is 34.5. The van der Waals surface area contributed by atoms with E-state index in [-0.39, 0.29) is 22.4 Å². The van der Waals surface area contributed by atoms with Crippen LogP contribution in [0.2, 0.25) is 0 Å². The smallest absolute Gasteiger partial charge is 0.249 e. The van der Waals surface area contributed by atoms with Crippen LogP contribution >= 0.6 is 0 Å². The fourth-order valence-electron chi connectivity index (χ4n) is 5.56. The Morgan fingerprint density at radius 1 is 1.18 bits per heavy atom. The molecule has 2 aromatic heterocycles. The Morgan fingerprint density at radius 3 is 2.71 bits per heavy atom. The van der Waals surface area contributed by atoms with Crippen LogP contribution in [0, 0.1) is 29.4 Å². The summed E-state index contributed by atoms with van der Waals surface area (Å²) in [5.41, 5.74) is 1.37. The van der Waals surface area contributed by atoms with Crippen molar-refractivity contribution in [2.24, 2.45) is 15.9 Å². The number of ether oxygens (including phenoxy) is 1. The molecule has 0 spiro atoms. The molecule has 8 nitrogen and oxygen atoms in total. The molecule has 3 aliphatic carbocycles. The van der Waals surface area contributed by atoms with Crippen LogP contribution in [0.4, 0.5) is 8.78 Å². The average Bonchev–Trinajstić information content (AvgIpc) is 3.47. The minimum atomic E-state index is -0.618. The molecule has 3 aromatic rings. The number of carbonyl (C=O) groups excluding carboxylic acids is 1. The van der Waals surface area contributed by atoms with Crippen molar-refractivity contribution in [3.05, 3.63) is 59.7 Å². The van der Waals surface area contributed by atoms with E-state index in [1.54, 1.807) is 31.0 Å². The molecule has 1 N–H and O–H groups in total. The van der Waals surface area contributed by atoms with Crippen molar-refractivity contribution in [2.45, 2.75) is 38.6 Å². The molecule has 1 aliphatic heterocycles. The minimum absolute atomic E-state index is 0.0687. The van der Waals surface area contributed by atoms with Gasteiger partial charge in [0.1, 0.15) is 11.6 Å². The molecular weight excluding hydrogens is 442 g/mol. The topological polar surface area (TPSA) is 96.4 Å². The van der Waals surface area contributed by atoms with Crippen LogP contribution in [0.25, 0.3) is 11.3 Å². The first-order valence-electron chi connectivity index (χ1n) is 11.1. The van der Waals surface area contributed by atoms with E-state index in [9.17, 15) is 13.6 Å². The molecule has 4 aliphatic rings. The molecule has 3 saturated carbocycles. The van der Waals surface area contributed by atoms with E-state index in [1.807, 2.05) is 0 Å². The Bertz CT molecular complexity index is 1270. The quantitative estimate of drug-likeness (QED) is 0.596. The van der Waals surface area contributed by atoms with Crippen LogP contribution < -0.4 is 4.74 Å². The molecule has 1 aromatic carbocycles. The van der Waals surface area contributed by atoms with Gasteiger partial charge in [-0.15, -0.1) is 0 Å². The van der Waals surface area contributed by atoms with Crippen molar-refractivity contribution >= 4 is 12.1 Å². The van der Waals surface area contributed by atoms with Crippen LogP contribution in [0.1, 0.15) is 42.9 Å². The Balaban J connectivity index is 1.08. The second kappa shape index (κ2) is 7.41. The summed E-state index contributed by atoms with van der Waals surface area (Å²) in [7, 11) is 0. The Hall–Kier alpha value is -3.69. The number of rotatable bonds is 6. The van der Waals surface area contributed by atoms with Gasteiger partial charge in [0.2, 0.25) is 11.8 Å². The maximum Gasteiger partial charge on any atom is 0.249 e. The van der Waals surface area contributed by atoms with Gasteiger partial charge >= 0.3 is 0 Å². The molecule has 7 rings (SSSR count). The van der Waals surface area contributed by atoms with Gasteiger partial charge in [0, 0.05) is 35.4 Å². The summed E-state index contributed by atoms with van der Waals surface area (Å²) in [6.07, 6.45) is 10.6. The number of nitrogens with one attached hydrogen (secondary N) is 1. The standard InChI is InChI=1S/C24H22F2N6O2/c1-14-4-18(26)16(5-17(14)25)20-2-3-31-32(20)22(33)24-10-23(11-24,12-24)13-34-21-9-27-19(8-28-21)15-6-29-30-7-15/h3-9,20H,2,10-13H2,1H3,(H,29,30). The number of carbonyl (C=O) groups is 1. The highest BCUT2D eigenvalue weighted by atomic mass is 19.1. The van der Waals surface area contributed by atoms with E-state index in [0.717, 1.165) is 5.56 Å². The molecule has 0 saturated heterocycles. The number of nitrogens with zero attached hydrogens (tertiary/aromatic N) is 5. The first kappa shape index (κ1) is 20.9. The van der Waals surface area contributed by atoms with Crippen molar-refractivity contribution in [3.8, 4) is 17.1 Å². The number of aromatic nitrogens is 4. The zero-order chi connectivity index (χ0) is 23.5. The third kappa shape index (κ3) is 3.19. The lowest BCUT2D eigenvalue weighted by molar-refractivity contribution is -0.227. The van der Waals surface area contributed by atoms with Gasteiger partial charge in [0.25, 0.3) is 0 Å². The summed E-state index contributed by atoms with van der Waals surface area (Å²) in [6, 6.07) is 1.73. The number of hydrogen-bond donors (Lipinski definition) is 1. The largest absolute Gasteiger partial charge is 0.476 e. The van der Waals surface area contributed by atoms with Crippen LogP contribution in [0.5, 0.6) is 5.88 Å². The lowest BCUT2D eigenvalue weighted by Gasteiger charge is -2.69. The first-order chi connectivity index (χ1) is 16.4. The number of hydrazone groups is 1. The third-order valence-electron chi connectivity index (χ3n) is 7.22. The number of aryl methyl sites for hydroxylation is 1. The molecule has 1 amide bonds. The highest BCUT2D eigenvalue weighted by Gasteiger charge is 2.73. The van der Waals surface area contributed by atoms with Crippen molar-refractivity contribution < 1.29 is 18.3 Å². The molecule has 1 unspecified atom stereocenters. The van der Waals surface area contributed by atoms with Crippen molar-refractivity contribution in [3.63, 3.8) is 0 Å². The van der Waals surface area contributed by atoms with E-state index in [1.165, 1.54) is 24.1 Å². The molecule has 10 heteroatoms.